The molecule has 1 aliphatic heterocycles. The zero-order valence-electron chi connectivity index (χ0n) is 8.19. The molecule has 15 heavy (non-hydrogen) atoms. The minimum absolute atomic E-state index is 0. The number of rotatable bonds is 2. The standard InChI is InChI=1S/C10H12ClN3.ClH/c11-9-3-1-8(2-4-9)7-14-6-5-13-10(14)12;/h1-4H,5-7H2,(H2,12,13);1H. The average molecular weight is 246 g/mol. The molecule has 0 unspecified atom stereocenters. The molecule has 0 bridgehead atoms. The summed E-state index contributed by atoms with van der Waals surface area (Å²) in [6.45, 7) is 2.53. The Hall–Kier alpha value is -0.930. The van der Waals surface area contributed by atoms with Crippen molar-refractivity contribution in [2.45, 2.75) is 6.54 Å². The van der Waals surface area contributed by atoms with Gasteiger partial charge in [-0.05, 0) is 17.7 Å². The first kappa shape index (κ1) is 12.1. The lowest BCUT2D eigenvalue weighted by Crippen LogP contribution is -2.33. The van der Waals surface area contributed by atoms with Gasteiger partial charge in [0.1, 0.15) is 0 Å². The fourth-order valence-corrected chi connectivity index (χ4v) is 1.60. The molecule has 0 atom stereocenters. The lowest BCUT2D eigenvalue weighted by atomic mass is 10.2. The molecule has 0 fully saturated rings. The van der Waals surface area contributed by atoms with Gasteiger partial charge < -0.3 is 10.6 Å². The van der Waals surface area contributed by atoms with Gasteiger partial charge in [-0.25, -0.2) is 0 Å². The number of guanidine groups is 1. The summed E-state index contributed by atoms with van der Waals surface area (Å²) in [7, 11) is 0. The van der Waals surface area contributed by atoms with Gasteiger partial charge in [0, 0.05) is 18.1 Å². The first-order valence-corrected chi connectivity index (χ1v) is 4.93. The zero-order chi connectivity index (χ0) is 9.97. The maximum atomic E-state index is 5.79. The van der Waals surface area contributed by atoms with Crippen molar-refractivity contribution in [1.29, 1.82) is 0 Å². The van der Waals surface area contributed by atoms with E-state index in [1.165, 1.54) is 5.56 Å². The van der Waals surface area contributed by atoms with Crippen LogP contribution in [0.5, 0.6) is 0 Å². The SMILES string of the molecule is Cl.NC1=NCCN1Cc1ccc(Cl)cc1. The second kappa shape index (κ2) is 5.24. The second-order valence-corrected chi connectivity index (χ2v) is 3.72. The van der Waals surface area contributed by atoms with Crippen LogP contribution in [0.4, 0.5) is 0 Å². The van der Waals surface area contributed by atoms with E-state index >= 15 is 0 Å². The Balaban J connectivity index is 0.00000112. The van der Waals surface area contributed by atoms with Gasteiger partial charge in [-0.2, -0.15) is 0 Å². The predicted molar refractivity (Wildman–Crippen MR) is 65.6 cm³/mol. The van der Waals surface area contributed by atoms with Crippen molar-refractivity contribution >= 4 is 30.0 Å². The van der Waals surface area contributed by atoms with Crippen LogP contribution in [0.2, 0.25) is 5.02 Å². The van der Waals surface area contributed by atoms with Crippen LogP contribution in [0.3, 0.4) is 0 Å². The lowest BCUT2D eigenvalue weighted by molar-refractivity contribution is 0.448. The topological polar surface area (TPSA) is 41.6 Å². The molecule has 0 radical (unpaired) electrons. The van der Waals surface area contributed by atoms with Gasteiger partial charge in [0.25, 0.3) is 0 Å². The van der Waals surface area contributed by atoms with E-state index in [0.29, 0.717) is 5.96 Å². The maximum Gasteiger partial charge on any atom is 0.191 e. The van der Waals surface area contributed by atoms with E-state index in [-0.39, 0.29) is 12.4 Å². The van der Waals surface area contributed by atoms with Crippen LogP contribution < -0.4 is 5.73 Å². The molecule has 0 aliphatic carbocycles. The van der Waals surface area contributed by atoms with Crippen LogP contribution in [0.1, 0.15) is 5.56 Å². The van der Waals surface area contributed by atoms with Gasteiger partial charge in [-0.15, -0.1) is 12.4 Å². The summed E-state index contributed by atoms with van der Waals surface area (Å²) in [5.41, 5.74) is 6.91. The van der Waals surface area contributed by atoms with Crippen LogP contribution >= 0.6 is 24.0 Å². The monoisotopic (exact) mass is 245 g/mol. The summed E-state index contributed by atoms with van der Waals surface area (Å²) in [5.74, 6) is 0.639. The molecule has 5 heteroatoms. The normalized spacial score (nSPS) is 14.7. The van der Waals surface area contributed by atoms with E-state index in [2.05, 4.69) is 9.89 Å². The van der Waals surface area contributed by atoms with Gasteiger partial charge in [-0.1, -0.05) is 23.7 Å². The van der Waals surface area contributed by atoms with Crippen LogP contribution in [0.15, 0.2) is 29.3 Å². The molecule has 2 N–H and O–H groups in total. The van der Waals surface area contributed by atoms with Crippen molar-refractivity contribution in [3.63, 3.8) is 0 Å². The predicted octanol–water partition coefficient (Wildman–Crippen LogP) is 1.89. The molecular formula is C10H13Cl2N3. The first-order chi connectivity index (χ1) is 6.75. The van der Waals surface area contributed by atoms with Crippen LogP contribution in [0.25, 0.3) is 0 Å². The minimum atomic E-state index is 0. The van der Waals surface area contributed by atoms with E-state index in [1.807, 2.05) is 24.3 Å². The van der Waals surface area contributed by atoms with Gasteiger partial charge in [0.15, 0.2) is 5.96 Å². The third-order valence-electron chi connectivity index (χ3n) is 2.25. The number of nitrogens with zero attached hydrogens (tertiary/aromatic N) is 2. The molecule has 1 aliphatic rings. The summed E-state index contributed by atoms with van der Waals surface area (Å²) in [6.07, 6.45) is 0. The average Bonchev–Trinajstić information content (AvgIpc) is 2.56. The Kier molecular flexibility index (Phi) is 4.24. The highest BCUT2D eigenvalue weighted by atomic mass is 35.5. The fourth-order valence-electron chi connectivity index (χ4n) is 1.47. The molecule has 3 nitrogen and oxygen atoms in total. The summed E-state index contributed by atoms with van der Waals surface area (Å²) < 4.78 is 0. The van der Waals surface area contributed by atoms with Crippen molar-refractivity contribution in [2.24, 2.45) is 10.7 Å². The minimum Gasteiger partial charge on any atom is -0.370 e. The Morgan fingerprint density at radius 2 is 2.00 bits per heavy atom. The molecule has 0 amide bonds. The lowest BCUT2D eigenvalue weighted by Gasteiger charge is -2.17. The highest BCUT2D eigenvalue weighted by Gasteiger charge is 2.13. The van der Waals surface area contributed by atoms with Crippen LogP contribution in [-0.2, 0) is 6.54 Å². The van der Waals surface area contributed by atoms with E-state index in [4.69, 9.17) is 17.3 Å². The molecule has 0 saturated carbocycles. The number of hydrogen-bond donors (Lipinski definition) is 1. The van der Waals surface area contributed by atoms with E-state index in [0.717, 1.165) is 24.7 Å². The van der Waals surface area contributed by atoms with Crippen molar-refractivity contribution in [2.75, 3.05) is 13.1 Å². The molecule has 2 rings (SSSR count). The Morgan fingerprint density at radius 1 is 1.33 bits per heavy atom. The third-order valence-corrected chi connectivity index (χ3v) is 2.51. The summed E-state index contributed by atoms with van der Waals surface area (Å²) >= 11 is 5.79. The molecule has 0 aromatic heterocycles. The highest BCUT2D eigenvalue weighted by molar-refractivity contribution is 6.30. The van der Waals surface area contributed by atoms with Crippen molar-refractivity contribution in [1.82, 2.24) is 4.90 Å². The summed E-state index contributed by atoms with van der Waals surface area (Å²) in [4.78, 5) is 6.18. The highest BCUT2D eigenvalue weighted by Crippen LogP contribution is 2.12. The molecule has 0 saturated heterocycles. The van der Waals surface area contributed by atoms with E-state index < -0.39 is 0 Å². The van der Waals surface area contributed by atoms with Gasteiger partial charge in [-0.3, -0.25) is 4.99 Å². The smallest absolute Gasteiger partial charge is 0.191 e. The number of nitrogens with two attached hydrogens (primary N) is 1. The number of halogens is 2. The van der Waals surface area contributed by atoms with Crippen LogP contribution in [0, 0.1) is 0 Å². The maximum absolute atomic E-state index is 5.79. The Morgan fingerprint density at radius 3 is 2.53 bits per heavy atom. The number of hydrogen-bond acceptors (Lipinski definition) is 3. The van der Waals surface area contributed by atoms with Gasteiger partial charge in [0.2, 0.25) is 0 Å². The molecule has 1 aromatic carbocycles. The van der Waals surface area contributed by atoms with E-state index in [9.17, 15) is 0 Å². The quantitative estimate of drug-likeness (QED) is 0.865. The Labute approximate surface area is 100 Å². The van der Waals surface area contributed by atoms with Gasteiger partial charge >= 0.3 is 0 Å². The van der Waals surface area contributed by atoms with Gasteiger partial charge in [0.05, 0.1) is 6.54 Å². The third kappa shape index (κ3) is 3.01. The molecule has 1 heterocycles. The summed E-state index contributed by atoms with van der Waals surface area (Å²) in [6, 6.07) is 7.79. The largest absolute Gasteiger partial charge is 0.370 e. The number of aliphatic imine (C=N–C) groups is 1. The Bertz CT molecular complexity index is 348. The van der Waals surface area contributed by atoms with Crippen molar-refractivity contribution in [3.05, 3.63) is 34.9 Å². The van der Waals surface area contributed by atoms with Crippen molar-refractivity contribution < 1.29 is 0 Å². The second-order valence-electron chi connectivity index (χ2n) is 3.29. The van der Waals surface area contributed by atoms with E-state index in [1.54, 1.807) is 0 Å². The molecule has 1 aromatic rings. The van der Waals surface area contributed by atoms with Crippen LogP contribution in [-0.4, -0.2) is 23.9 Å². The summed E-state index contributed by atoms with van der Waals surface area (Å²) in [5, 5.41) is 0.761. The zero-order valence-corrected chi connectivity index (χ0v) is 9.76. The fraction of sp³-hybridized carbons (Fsp3) is 0.300. The molecule has 82 valence electrons. The molecule has 0 spiro atoms. The van der Waals surface area contributed by atoms with Crippen molar-refractivity contribution in [3.8, 4) is 0 Å². The first-order valence-electron chi connectivity index (χ1n) is 4.55. The molecular weight excluding hydrogens is 233 g/mol. The number of benzene rings is 1.